The lowest BCUT2D eigenvalue weighted by Gasteiger charge is -2.14. The van der Waals surface area contributed by atoms with Gasteiger partial charge >= 0.3 is 0 Å². The zero-order valence-electron chi connectivity index (χ0n) is 19.3. The maximum Gasteiger partial charge on any atom is 0.260 e. The minimum absolute atomic E-state index is 0.0330. The van der Waals surface area contributed by atoms with Gasteiger partial charge in [-0.25, -0.2) is 5.43 Å². The third-order valence-electron chi connectivity index (χ3n) is 6.13. The molecule has 0 radical (unpaired) electrons. The van der Waals surface area contributed by atoms with Crippen LogP contribution in [0.4, 0.5) is 0 Å². The first-order chi connectivity index (χ1) is 16.9. The summed E-state index contributed by atoms with van der Waals surface area (Å²) in [7, 11) is 0. The number of benzene rings is 3. The summed E-state index contributed by atoms with van der Waals surface area (Å²) in [5.41, 5.74) is 8.20. The number of rotatable bonds is 5. The normalized spacial score (nSPS) is 11.5. The van der Waals surface area contributed by atoms with Gasteiger partial charge in [-0.1, -0.05) is 24.3 Å². The van der Waals surface area contributed by atoms with Crippen molar-refractivity contribution in [1.29, 1.82) is 0 Å². The van der Waals surface area contributed by atoms with Gasteiger partial charge in [0.05, 0.1) is 17.2 Å². The van der Waals surface area contributed by atoms with Gasteiger partial charge in [0.15, 0.2) is 5.43 Å². The number of amides is 1. The summed E-state index contributed by atoms with van der Waals surface area (Å²) < 4.78 is 5.21. The summed E-state index contributed by atoms with van der Waals surface area (Å²) >= 11 is 2.29. The van der Waals surface area contributed by atoms with Crippen molar-refractivity contribution in [2.45, 2.75) is 20.4 Å². The van der Waals surface area contributed by atoms with Gasteiger partial charge in [-0.05, 0) is 91.0 Å². The summed E-state index contributed by atoms with van der Waals surface area (Å²) in [5.74, 6) is -0.272. The Hall–Kier alpha value is -3.72. The maximum atomic E-state index is 12.9. The molecule has 5 rings (SSSR count). The summed E-state index contributed by atoms with van der Waals surface area (Å²) in [5, 5.41) is 5.40. The van der Waals surface area contributed by atoms with Crippen molar-refractivity contribution in [3.05, 3.63) is 110 Å². The third-order valence-corrected chi connectivity index (χ3v) is 6.85. The molecule has 3 aromatic carbocycles. The monoisotopic (exact) mass is 574 g/mol. The molecule has 0 saturated heterocycles. The Balaban J connectivity index is 1.40. The highest BCUT2D eigenvalue weighted by molar-refractivity contribution is 14.1. The van der Waals surface area contributed by atoms with Gasteiger partial charge in [-0.2, -0.15) is 5.10 Å². The third kappa shape index (κ3) is 4.39. The van der Waals surface area contributed by atoms with Crippen molar-refractivity contribution >= 4 is 56.5 Å². The maximum absolute atomic E-state index is 12.9. The molecular formula is C28H23IN4O2. The van der Waals surface area contributed by atoms with Gasteiger partial charge in [0.1, 0.15) is 6.54 Å². The predicted molar refractivity (Wildman–Crippen MR) is 149 cm³/mol. The Kier molecular flexibility index (Phi) is 6.25. The van der Waals surface area contributed by atoms with Crippen LogP contribution < -0.4 is 10.9 Å². The van der Waals surface area contributed by atoms with Gasteiger partial charge in [0.2, 0.25) is 0 Å². The van der Waals surface area contributed by atoms with Crippen molar-refractivity contribution in [2.75, 3.05) is 0 Å². The van der Waals surface area contributed by atoms with E-state index in [2.05, 4.69) is 62.0 Å². The number of nitrogens with one attached hydrogen (secondary N) is 1. The quantitative estimate of drug-likeness (QED) is 0.134. The Morgan fingerprint density at radius 1 is 0.943 bits per heavy atom. The van der Waals surface area contributed by atoms with Crippen LogP contribution in [0.25, 0.3) is 27.5 Å². The van der Waals surface area contributed by atoms with Crippen molar-refractivity contribution in [1.82, 2.24) is 14.6 Å². The lowest BCUT2D eigenvalue weighted by molar-refractivity contribution is -0.121. The van der Waals surface area contributed by atoms with E-state index in [1.165, 1.54) is 3.57 Å². The van der Waals surface area contributed by atoms with E-state index in [4.69, 9.17) is 0 Å². The van der Waals surface area contributed by atoms with Gasteiger partial charge in [-0.3, -0.25) is 9.59 Å². The summed E-state index contributed by atoms with van der Waals surface area (Å²) in [6, 6.07) is 25.1. The molecule has 0 aliphatic rings. The molecule has 0 unspecified atom stereocenters. The second-order valence-corrected chi connectivity index (χ2v) is 9.63. The van der Waals surface area contributed by atoms with Gasteiger partial charge in [-0.15, -0.1) is 0 Å². The molecule has 0 saturated carbocycles. The average Bonchev–Trinajstić information content (AvgIpc) is 3.15. The number of aryl methyl sites for hydroxylation is 1. The number of para-hydroxylation sites is 2. The fraction of sp³-hybridized carbons (Fsp3) is 0.107. The van der Waals surface area contributed by atoms with Crippen molar-refractivity contribution in [3.63, 3.8) is 0 Å². The summed E-state index contributed by atoms with van der Waals surface area (Å²) in [6.45, 7) is 4.13. The molecule has 0 atom stereocenters. The zero-order chi connectivity index (χ0) is 24.5. The zero-order valence-corrected chi connectivity index (χ0v) is 21.5. The number of hydrazone groups is 1. The topological polar surface area (TPSA) is 68.4 Å². The molecule has 0 aliphatic heterocycles. The van der Waals surface area contributed by atoms with Crippen molar-refractivity contribution in [3.8, 4) is 5.69 Å². The molecule has 0 aliphatic carbocycles. The van der Waals surface area contributed by atoms with Crippen LogP contribution in [0.2, 0.25) is 0 Å². The first kappa shape index (κ1) is 23.0. The largest absolute Gasteiger partial charge is 0.331 e. The number of carbonyl (C=O) groups excluding carboxylic acids is 1. The van der Waals surface area contributed by atoms with Crippen molar-refractivity contribution < 1.29 is 4.79 Å². The van der Waals surface area contributed by atoms with Crippen LogP contribution in [0.1, 0.15) is 17.0 Å². The van der Waals surface area contributed by atoms with Gasteiger partial charge < -0.3 is 9.13 Å². The smallest absolute Gasteiger partial charge is 0.260 e. The molecule has 35 heavy (non-hydrogen) atoms. The minimum Gasteiger partial charge on any atom is -0.331 e. The number of hydrogen-bond donors (Lipinski definition) is 1. The molecular weight excluding hydrogens is 551 g/mol. The van der Waals surface area contributed by atoms with Gasteiger partial charge in [0.25, 0.3) is 5.91 Å². The van der Waals surface area contributed by atoms with E-state index < -0.39 is 0 Å². The lowest BCUT2D eigenvalue weighted by atomic mass is 10.1. The Bertz CT molecular complexity index is 1600. The molecule has 6 nitrogen and oxygen atoms in total. The summed E-state index contributed by atoms with van der Waals surface area (Å²) in [6.07, 6.45) is 1.67. The second kappa shape index (κ2) is 9.50. The lowest BCUT2D eigenvalue weighted by Crippen LogP contribution is -2.25. The highest BCUT2D eigenvalue weighted by atomic mass is 127. The van der Waals surface area contributed by atoms with E-state index in [0.29, 0.717) is 10.8 Å². The number of fused-ring (bicyclic) bond motifs is 2. The molecule has 5 aromatic rings. The Morgan fingerprint density at radius 2 is 1.54 bits per heavy atom. The number of aromatic nitrogens is 2. The Labute approximate surface area is 216 Å². The fourth-order valence-electron chi connectivity index (χ4n) is 4.51. The van der Waals surface area contributed by atoms with Crippen LogP contribution in [0, 0.1) is 17.4 Å². The van der Waals surface area contributed by atoms with E-state index >= 15 is 0 Å². The molecule has 174 valence electrons. The molecule has 1 N–H and O–H groups in total. The van der Waals surface area contributed by atoms with Crippen LogP contribution in [-0.2, 0) is 11.3 Å². The number of halogens is 1. The average molecular weight is 574 g/mol. The van der Waals surface area contributed by atoms with Crippen LogP contribution in [0.15, 0.2) is 88.8 Å². The van der Waals surface area contributed by atoms with E-state index in [1.807, 2.05) is 60.9 Å². The fourth-order valence-corrected chi connectivity index (χ4v) is 4.87. The minimum atomic E-state index is -0.272. The first-order valence-corrected chi connectivity index (χ1v) is 12.3. The molecule has 0 fully saturated rings. The standard InChI is InChI=1S/C28H23IN4O2/c1-18-15-20(19(2)33(18)22-13-11-21(29)12-14-22)16-30-31-27(34)17-32-25-9-5-3-7-23(25)28(35)24-8-4-6-10-26(24)32/h3-16H,17H2,1-2H3,(H,31,34)/b30-16-. The van der Waals surface area contributed by atoms with Crippen molar-refractivity contribution in [2.24, 2.45) is 5.10 Å². The summed E-state index contributed by atoms with van der Waals surface area (Å²) in [4.78, 5) is 25.8. The number of carbonyl (C=O) groups is 1. The molecule has 2 aromatic heterocycles. The number of nitrogens with zero attached hydrogens (tertiary/aromatic N) is 3. The first-order valence-electron chi connectivity index (χ1n) is 11.2. The van der Waals surface area contributed by atoms with E-state index in [-0.39, 0.29) is 17.9 Å². The SMILES string of the molecule is Cc1cc(/C=N\NC(=O)Cn2c3ccccc3c(=O)c3ccccc32)c(C)n1-c1ccc(I)cc1. The van der Waals surface area contributed by atoms with Crippen LogP contribution in [-0.4, -0.2) is 21.3 Å². The van der Waals surface area contributed by atoms with Crippen LogP contribution in [0.3, 0.4) is 0 Å². The molecule has 0 spiro atoms. The molecule has 7 heteroatoms. The second-order valence-electron chi connectivity index (χ2n) is 8.38. The highest BCUT2D eigenvalue weighted by Gasteiger charge is 2.13. The molecule has 1 amide bonds. The van der Waals surface area contributed by atoms with Crippen LogP contribution in [0.5, 0.6) is 0 Å². The predicted octanol–water partition coefficient (Wildman–Crippen LogP) is 5.32. The molecule has 2 heterocycles. The Morgan fingerprint density at radius 3 is 2.17 bits per heavy atom. The number of pyridine rings is 1. The number of hydrogen-bond acceptors (Lipinski definition) is 3. The van der Waals surface area contributed by atoms with E-state index in [1.54, 1.807) is 18.3 Å². The van der Waals surface area contributed by atoms with Crippen LogP contribution >= 0.6 is 22.6 Å². The highest BCUT2D eigenvalue weighted by Crippen LogP contribution is 2.21. The van der Waals surface area contributed by atoms with E-state index in [0.717, 1.165) is 33.7 Å². The van der Waals surface area contributed by atoms with E-state index in [9.17, 15) is 9.59 Å². The molecule has 0 bridgehead atoms. The van der Waals surface area contributed by atoms with Gasteiger partial charge in [0, 0.05) is 37.0 Å².